The van der Waals surface area contributed by atoms with Crippen LogP contribution in [0.25, 0.3) is 6.08 Å². The second-order valence-electron chi connectivity index (χ2n) is 8.45. The highest BCUT2D eigenvalue weighted by atomic mass is 35.5. The molecule has 0 unspecified atom stereocenters. The van der Waals surface area contributed by atoms with E-state index in [1.807, 2.05) is 55.5 Å². The summed E-state index contributed by atoms with van der Waals surface area (Å²) in [6, 6.07) is 20.0. The molecule has 2 aliphatic heterocycles. The lowest BCUT2D eigenvalue weighted by molar-refractivity contribution is -0.122. The minimum Gasteiger partial charge on any atom is -0.367 e. The first-order chi connectivity index (χ1) is 16.4. The van der Waals surface area contributed by atoms with Crippen molar-refractivity contribution in [3.8, 4) is 0 Å². The maximum atomic E-state index is 13.1. The van der Waals surface area contributed by atoms with Crippen LogP contribution in [0.5, 0.6) is 0 Å². The Morgan fingerprint density at radius 1 is 1.00 bits per heavy atom. The summed E-state index contributed by atoms with van der Waals surface area (Å²) in [5, 5.41) is 3.02. The van der Waals surface area contributed by atoms with Crippen molar-refractivity contribution in [1.82, 2.24) is 5.32 Å². The largest absolute Gasteiger partial charge is 0.367 e. The first-order valence-corrected chi connectivity index (χ1v) is 11.4. The van der Waals surface area contributed by atoms with Crippen molar-refractivity contribution in [2.75, 3.05) is 16.3 Å². The van der Waals surface area contributed by atoms with Crippen molar-refractivity contribution in [2.24, 2.45) is 0 Å². The SMILES string of the molecule is Cc1cccc(N2C(=O)NC(=O)/C(=C\c3ccc4c(c3)CCN4Cc3ccccc3Cl)C2=O)c1. The smallest absolute Gasteiger partial charge is 0.335 e. The van der Waals surface area contributed by atoms with Crippen molar-refractivity contribution in [2.45, 2.75) is 19.9 Å². The third-order valence-corrected chi connectivity index (χ3v) is 6.46. The molecule has 0 aliphatic carbocycles. The van der Waals surface area contributed by atoms with E-state index in [0.29, 0.717) is 12.2 Å². The molecule has 1 N–H and O–H groups in total. The van der Waals surface area contributed by atoms with Gasteiger partial charge in [0.2, 0.25) is 0 Å². The molecular formula is C27H22ClN3O3. The van der Waals surface area contributed by atoms with Gasteiger partial charge in [-0.3, -0.25) is 14.9 Å². The minimum absolute atomic E-state index is 0.0769. The molecule has 0 atom stereocenters. The molecule has 2 heterocycles. The van der Waals surface area contributed by atoms with Gasteiger partial charge in [0.05, 0.1) is 5.69 Å². The van der Waals surface area contributed by atoms with Crippen LogP contribution in [0, 0.1) is 6.92 Å². The fourth-order valence-electron chi connectivity index (χ4n) is 4.40. The van der Waals surface area contributed by atoms with Gasteiger partial charge in [-0.05, 0) is 72.0 Å². The van der Waals surface area contributed by atoms with Crippen molar-refractivity contribution in [3.63, 3.8) is 0 Å². The normalized spacial score (nSPS) is 16.8. The van der Waals surface area contributed by atoms with Crippen LogP contribution in [0.3, 0.4) is 0 Å². The molecule has 0 radical (unpaired) electrons. The maximum Gasteiger partial charge on any atom is 0.335 e. The monoisotopic (exact) mass is 471 g/mol. The van der Waals surface area contributed by atoms with Crippen LogP contribution in [0.2, 0.25) is 5.02 Å². The van der Waals surface area contributed by atoms with Gasteiger partial charge in [0.1, 0.15) is 5.57 Å². The number of halogens is 1. The number of nitrogens with one attached hydrogen (secondary N) is 1. The predicted molar refractivity (Wildman–Crippen MR) is 133 cm³/mol. The highest BCUT2D eigenvalue weighted by Crippen LogP contribution is 2.32. The molecule has 4 amide bonds. The molecular weight excluding hydrogens is 450 g/mol. The molecule has 2 aliphatic rings. The second kappa shape index (κ2) is 8.80. The molecule has 6 nitrogen and oxygen atoms in total. The molecule has 0 bridgehead atoms. The van der Waals surface area contributed by atoms with Gasteiger partial charge in [0.15, 0.2) is 0 Å². The Bertz CT molecular complexity index is 1360. The number of aryl methyl sites for hydroxylation is 1. The van der Waals surface area contributed by atoms with E-state index in [9.17, 15) is 14.4 Å². The minimum atomic E-state index is -0.748. The van der Waals surface area contributed by atoms with Crippen molar-refractivity contribution in [1.29, 1.82) is 0 Å². The van der Waals surface area contributed by atoms with Crippen LogP contribution in [0.1, 0.15) is 22.3 Å². The van der Waals surface area contributed by atoms with Crippen molar-refractivity contribution < 1.29 is 14.4 Å². The average molecular weight is 472 g/mol. The lowest BCUT2D eigenvalue weighted by atomic mass is 10.0. The molecule has 0 spiro atoms. The fraction of sp³-hybridized carbons (Fsp3) is 0.148. The first kappa shape index (κ1) is 21.9. The van der Waals surface area contributed by atoms with Gasteiger partial charge in [-0.2, -0.15) is 0 Å². The number of hydrogen-bond acceptors (Lipinski definition) is 4. The Balaban J connectivity index is 1.42. The number of carbonyl (C=O) groups is 3. The number of fused-ring (bicyclic) bond motifs is 1. The van der Waals surface area contributed by atoms with Crippen molar-refractivity contribution >= 4 is 46.9 Å². The topological polar surface area (TPSA) is 69.7 Å². The van der Waals surface area contributed by atoms with Crippen LogP contribution < -0.4 is 15.1 Å². The molecule has 170 valence electrons. The van der Waals surface area contributed by atoms with E-state index >= 15 is 0 Å². The van der Waals surface area contributed by atoms with E-state index in [2.05, 4.69) is 10.2 Å². The third kappa shape index (κ3) is 4.08. The molecule has 0 aromatic heterocycles. The fourth-order valence-corrected chi connectivity index (χ4v) is 4.60. The lowest BCUT2D eigenvalue weighted by Gasteiger charge is -2.26. The standard InChI is InChI=1S/C27H22ClN3O3/c1-17-5-4-7-21(13-17)31-26(33)22(25(32)29-27(31)34)15-18-9-10-24-19(14-18)11-12-30(24)16-20-6-2-3-8-23(20)28/h2-10,13-15H,11-12,16H2,1H3,(H,29,32,34)/b22-15+. The molecule has 7 heteroatoms. The number of carbonyl (C=O) groups excluding carboxylic acids is 3. The lowest BCUT2D eigenvalue weighted by Crippen LogP contribution is -2.54. The summed E-state index contributed by atoms with van der Waals surface area (Å²) in [4.78, 5) is 41.3. The third-order valence-electron chi connectivity index (χ3n) is 6.09. The molecule has 5 rings (SSSR count). The van der Waals surface area contributed by atoms with Gasteiger partial charge in [-0.25, -0.2) is 9.69 Å². The van der Waals surface area contributed by atoms with Crippen LogP contribution >= 0.6 is 11.6 Å². The summed E-state index contributed by atoms with van der Waals surface area (Å²) in [5.74, 6) is -1.33. The summed E-state index contributed by atoms with van der Waals surface area (Å²) < 4.78 is 0. The van der Waals surface area contributed by atoms with Gasteiger partial charge < -0.3 is 4.90 Å². The molecule has 0 saturated carbocycles. The summed E-state index contributed by atoms with van der Waals surface area (Å²) in [5.41, 5.74) is 5.29. The van der Waals surface area contributed by atoms with Gasteiger partial charge in [0.25, 0.3) is 11.8 Å². The van der Waals surface area contributed by atoms with Gasteiger partial charge in [-0.1, -0.05) is 48.0 Å². The number of amides is 4. The van der Waals surface area contributed by atoms with Crippen LogP contribution in [0.4, 0.5) is 16.2 Å². The number of urea groups is 1. The van der Waals surface area contributed by atoms with E-state index in [0.717, 1.165) is 50.8 Å². The Morgan fingerprint density at radius 2 is 1.82 bits per heavy atom. The molecule has 1 saturated heterocycles. The quantitative estimate of drug-likeness (QED) is 0.435. The number of barbiturate groups is 1. The van der Waals surface area contributed by atoms with Gasteiger partial charge in [0, 0.05) is 23.8 Å². The van der Waals surface area contributed by atoms with Crippen molar-refractivity contribution in [3.05, 3.63) is 99.6 Å². The van der Waals surface area contributed by atoms with Crippen LogP contribution in [0.15, 0.2) is 72.3 Å². The Hall–Kier alpha value is -3.90. The number of benzene rings is 3. The van der Waals surface area contributed by atoms with Crippen LogP contribution in [-0.2, 0) is 22.6 Å². The highest BCUT2D eigenvalue weighted by Gasteiger charge is 2.36. The second-order valence-corrected chi connectivity index (χ2v) is 8.86. The average Bonchev–Trinajstić information content (AvgIpc) is 3.20. The highest BCUT2D eigenvalue weighted by molar-refractivity contribution is 6.39. The zero-order valence-corrected chi connectivity index (χ0v) is 19.3. The zero-order chi connectivity index (χ0) is 23.8. The number of rotatable bonds is 4. The van der Waals surface area contributed by atoms with E-state index in [4.69, 9.17) is 11.6 Å². The Morgan fingerprint density at radius 3 is 2.62 bits per heavy atom. The number of anilines is 2. The molecule has 1 fully saturated rings. The van der Waals surface area contributed by atoms with E-state index in [1.165, 1.54) is 0 Å². The Labute approximate surface area is 202 Å². The number of hydrogen-bond donors (Lipinski definition) is 1. The Kier molecular flexibility index (Phi) is 5.67. The van der Waals surface area contributed by atoms with E-state index in [-0.39, 0.29) is 5.57 Å². The maximum absolute atomic E-state index is 13.1. The summed E-state index contributed by atoms with van der Waals surface area (Å²) in [7, 11) is 0. The van der Waals surface area contributed by atoms with Crippen LogP contribution in [-0.4, -0.2) is 24.4 Å². The van der Waals surface area contributed by atoms with E-state index < -0.39 is 17.8 Å². The summed E-state index contributed by atoms with van der Waals surface area (Å²) in [6.07, 6.45) is 2.40. The summed E-state index contributed by atoms with van der Waals surface area (Å²) >= 11 is 6.33. The first-order valence-electron chi connectivity index (χ1n) is 11.0. The molecule has 3 aromatic rings. The van der Waals surface area contributed by atoms with Gasteiger partial charge >= 0.3 is 6.03 Å². The summed E-state index contributed by atoms with van der Waals surface area (Å²) in [6.45, 7) is 3.44. The number of nitrogens with zero attached hydrogens (tertiary/aromatic N) is 2. The predicted octanol–water partition coefficient (Wildman–Crippen LogP) is 4.88. The van der Waals surface area contributed by atoms with Gasteiger partial charge in [-0.15, -0.1) is 0 Å². The van der Waals surface area contributed by atoms with E-state index in [1.54, 1.807) is 24.3 Å². The molecule has 3 aromatic carbocycles. The number of imide groups is 2. The molecule has 34 heavy (non-hydrogen) atoms. The zero-order valence-electron chi connectivity index (χ0n) is 18.5.